The topological polar surface area (TPSA) is 77.5 Å². The van der Waals surface area contributed by atoms with Crippen LogP contribution in [0.2, 0.25) is 5.02 Å². The number of benzene rings is 1. The van der Waals surface area contributed by atoms with Gasteiger partial charge in [-0.3, -0.25) is 0 Å². The van der Waals surface area contributed by atoms with Crippen LogP contribution in [0.3, 0.4) is 0 Å². The molecule has 8 heteroatoms. The number of methoxy groups -OCH3 is 1. The predicted molar refractivity (Wildman–Crippen MR) is 135 cm³/mol. The third kappa shape index (κ3) is 8.00. The quantitative estimate of drug-likeness (QED) is 0.509. The number of aromatic nitrogens is 2. The molecule has 2 aromatic rings. The van der Waals surface area contributed by atoms with Crippen molar-refractivity contribution >= 4 is 41.6 Å². The molecule has 0 fully saturated rings. The van der Waals surface area contributed by atoms with Gasteiger partial charge in [-0.1, -0.05) is 63.5 Å². The van der Waals surface area contributed by atoms with Gasteiger partial charge in [0.1, 0.15) is 4.90 Å². The first-order valence-corrected chi connectivity index (χ1v) is 11.9. The van der Waals surface area contributed by atoms with Crippen LogP contribution in [0, 0.1) is 0 Å². The number of ether oxygens (including phenoxy) is 1. The maximum absolute atomic E-state index is 6.11. The lowest BCUT2D eigenvalue weighted by atomic mass is 10.1. The van der Waals surface area contributed by atoms with Crippen LogP contribution in [0.1, 0.15) is 47.0 Å². The molecule has 0 atom stereocenters. The van der Waals surface area contributed by atoms with Gasteiger partial charge in [0.2, 0.25) is 5.88 Å². The van der Waals surface area contributed by atoms with Gasteiger partial charge in [0, 0.05) is 35.1 Å². The van der Waals surface area contributed by atoms with Crippen LogP contribution < -0.4 is 15.8 Å². The molecule has 0 spiro atoms. The Labute approximate surface area is 196 Å². The molecule has 1 aliphatic rings. The molecule has 0 saturated heterocycles. The summed E-state index contributed by atoms with van der Waals surface area (Å²) in [6.07, 6.45) is 3.12. The first-order valence-electron chi connectivity index (χ1n) is 10.7. The van der Waals surface area contributed by atoms with Crippen LogP contribution in [0.15, 0.2) is 44.6 Å². The van der Waals surface area contributed by atoms with E-state index in [0.29, 0.717) is 16.7 Å². The third-order valence-electron chi connectivity index (χ3n) is 4.12. The molecule has 0 saturated carbocycles. The van der Waals surface area contributed by atoms with E-state index >= 15 is 0 Å². The monoisotopic (exact) mass is 465 g/mol. The Bertz CT molecular complexity index is 848. The van der Waals surface area contributed by atoms with E-state index in [1.165, 1.54) is 29.5 Å². The van der Waals surface area contributed by atoms with E-state index < -0.39 is 0 Å². The van der Waals surface area contributed by atoms with E-state index in [1.807, 2.05) is 35.9 Å². The van der Waals surface area contributed by atoms with Crippen LogP contribution in [0.5, 0.6) is 5.88 Å². The van der Waals surface area contributed by atoms with E-state index in [2.05, 4.69) is 42.9 Å². The third-order valence-corrected chi connectivity index (χ3v) is 5.40. The number of nitrogens with two attached hydrogens (primary N) is 1. The Hall–Kier alpha value is -1.80. The van der Waals surface area contributed by atoms with Crippen LogP contribution in [0.4, 0.5) is 5.82 Å². The Balaban J connectivity index is 0.000000720. The SMILES string of the molecule is C=Nc1c(Sc2cccc(Cl)c2)c(OC)nn1C1=C(CC)CNCC1.CCC.CCN. The molecule has 0 aliphatic carbocycles. The van der Waals surface area contributed by atoms with Crippen molar-refractivity contribution in [3.8, 4) is 5.88 Å². The van der Waals surface area contributed by atoms with Gasteiger partial charge in [0.15, 0.2) is 5.82 Å². The average Bonchev–Trinajstić information content (AvgIpc) is 3.12. The maximum atomic E-state index is 6.11. The fourth-order valence-electron chi connectivity index (χ4n) is 2.88. The summed E-state index contributed by atoms with van der Waals surface area (Å²) in [4.78, 5) is 6.12. The van der Waals surface area contributed by atoms with Gasteiger partial charge < -0.3 is 15.8 Å². The smallest absolute Gasteiger partial charge is 0.249 e. The molecule has 1 aliphatic heterocycles. The lowest BCUT2D eigenvalue weighted by molar-refractivity contribution is 0.385. The Morgan fingerprint density at radius 3 is 2.55 bits per heavy atom. The summed E-state index contributed by atoms with van der Waals surface area (Å²) in [5, 5.41) is 8.76. The van der Waals surface area contributed by atoms with Crippen molar-refractivity contribution in [2.75, 3.05) is 26.7 Å². The summed E-state index contributed by atoms with van der Waals surface area (Å²) >= 11 is 7.64. The highest BCUT2D eigenvalue weighted by atomic mass is 35.5. The Morgan fingerprint density at radius 2 is 2.00 bits per heavy atom. The van der Waals surface area contributed by atoms with Gasteiger partial charge in [0.25, 0.3) is 0 Å². The van der Waals surface area contributed by atoms with Crippen LogP contribution in [0.25, 0.3) is 5.70 Å². The number of hydrogen-bond acceptors (Lipinski definition) is 6. The summed E-state index contributed by atoms with van der Waals surface area (Å²) in [7, 11) is 1.62. The second-order valence-corrected chi connectivity index (χ2v) is 8.26. The van der Waals surface area contributed by atoms with E-state index in [0.717, 1.165) is 42.3 Å². The van der Waals surface area contributed by atoms with Crippen molar-refractivity contribution in [2.45, 2.75) is 56.7 Å². The zero-order valence-electron chi connectivity index (χ0n) is 19.4. The van der Waals surface area contributed by atoms with Crippen molar-refractivity contribution in [1.82, 2.24) is 15.1 Å². The molecule has 172 valence electrons. The fourth-order valence-corrected chi connectivity index (χ4v) is 4.16. The van der Waals surface area contributed by atoms with Crippen LogP contribution in [-0.2, 0) is 0 Å². The molecular weight excluding hydrogens is 430 g/mol. The van der Waals surface area contributed by atoms with Crippen molar-refractivity contribution in [1.29, 1.82) is 0 Å². The zero-order chi connectivity index (χ0) is 23.2. The number of halogens is 1. The second-order valence-electron chi connectivity index (χ2n) is 6.74. The maximum Gasteiger partial charge on any atom is 0.249 e. The van der Waals surface area contributed by atoms with Crippen molar-refractivity contribution in [3.05, 3.63) is 34.9 Å². The molecule has 3 rings (SSSR count). The molecule has 3 N–H and O–H groups in total. The number of aliphatic imine (C=N–C) groups is 1. The van der Waals surface area contributed by atoms with Crippen molar-refractivity contribution < 1.29 is 4.74 Å². The summed E-state index contributed by atoms with van der Waals surface area (Å²) in [5.74, 6) is 1.26. The molecule has 0 unspecified atom stereocenters. The standard InChI is InChI=1S/C18H21ClN4OS.C3H8.C2H7N/c1-4-12-11-21-9-8-15(12)23-17(20-2)16(18(22-23)24-3)25-14-7-5-6-13(19)10-14;1-3-2;1-2-3/h5-7,10,21H,2,4,8-9,11H2,1,3H3;3H2,1-2H3;2-3H2,1H3. The summed E-state index contributed by atoms with van der Waals surface area (Å²) in [6.45, 7) is 14.6. The largest absolute Gasteiger partial charge is 0.479 e. The van der Waals surface area contributed by atoms with E-state index in [9.17, 15) is 0 Å². The molecule has 0 bridgehead atoms. The normalized spacial score (nSPS) is 13.0. The zero-order valence-corrected chi connectivity index (χ0v) is 20.9. The minimum atomic E-state index is 0.550. The molecule has 6 nitrogen and oxygen atoms in total. The van der Waals surface area contributed by atoms with E-state index in [1.54, 1.807) is 7.11 Å². The number of nitrogens with one attached hydrogen (secondary N) is 1. The molecule has 0 radical (unpaired) electrons. The van der Waals surface area contributed by atoms with Gasteiger partial charge in [0.05, 0.1) is 7.11 Å². The first-order chi connectivity index (χ1) is 15.0. The molecule has 31 heavy (non-hydrogen) atoms. The summed E-state index contributed by atoms with van der Waals surface area (Å²) in [5.41, 5.74) is 7.36. The molecular formula is C23H36ClN5OS. The molecule has 1 aromatic carbocycles. The lowest BCUT2D eigenvalue weighted by Crippen LogP contribution is -2.26. The second kappa shape index (κ2) is 15.1. The Morgan fingerprint density at radius 1 is 1.32 bits per heavy atom. The molecule has 2 heterocycles. The van der Waals surface area contributed by atoms with Gasteiger partial charge in [-0.15, -0.1) is 5.10 Å². The molecule has 0 amide bonds. The van der Waals surface area contributed by atoms with E-state index in [-0.39, 0.29) is 0 Å². The first kappa shape index (κ1) is 27.2. The minimum Gasteiger partial charge on any atom is -0.479 e. The highest BCUT2D eigenvalue weighted by molar-refractivity contribution is 7.99. The van der Waals surface area contributed by atoms with Crippen LogP contribution >= 0.6 is 23.4 Å². The van der Waals surface area contributed by atoms with Crippen molar-refractivity contribution in [2.24, 2.45) is 10.7 Å². The van der Waals surface area contributed by atoms with E-state index in [4.69, 9.17) is 22.1 Å². The van der Waals surface area contributed by atoms with Gasteiger partial charge in [-0.05, 0) is 43.5 Å². The number of nitrogens with zero attached hydrogens (tertiary/aromatic N) is 3. The lowest BCUT2D eigenvalue weighted by Gasteiger charge is -2.21. The number of hydrogen-bond donors (Lipinski definition) is 2. The van der Waals surface area contributed by atoms with Gasteiger partial charge in [-0.2, -0.15) is 0 Å². The number of rotatable bonds is 6. The van der Waals surface area contributed by atoms with Crippen molar-refractivity contribution in [3.63, 3.8) is 0 Å². The van der Waals surface area contributed by atoms with Crippen LogP contribution in [-0.4, -0.2) is 43.2 Å². The highest BCUT2D eigenvalue weighted by Crippen LogP contribution is 2.44. The minimum absolute atomic E-state index is 0.550. The van der Waals surface area contributed by atoms with Gasteiger partial charge in [-0.25, -0.2) is 9.67 Å². The Kier molecular flexibility index (Phi) is 13.2. The molecule has 1 aromatic heterocycles. The summed E-state index contributed by atoms with van der Waals surface area (Å²) in [6, 6.07) is 7.69. The predicted octanol–water partition coefficient (Wildman–Crippen LogP) is 6.02. The fraction of sp³-hybridized carbons (Fsp3) is 0.478. The van der Waals surface area contributed by atoms with Gasteiger partial charge >= 0.3 is 0 Å². The summed E-state index contributed by atoms with van der Waals surface area (Å²) < 4.78 is 7.41. The highest BCUT2D eigenvalue weighted by Gasteiger charge is 2.24. The average molecular weight is 466 g/mol.